The molecule has 1 amide bonds. The smallest absolute Gasteiger partial charge is 0.224 e. The number of rotatable bonds is 8. The highest BCUT2D eigenvalue weighted by molar-refractivity contribution is 5.79. The molecule has 1 saturated heterocycles. The molecule has 2 aromatic rings. The summed E-state index contributed by atoms with van der Waals surface area (Å²) in [6.45, 7) is 3.32. The zero-order valence-electron chi connectivity index (χ0n) is 18.0. The third kappa shape index (κ3) is 5.33. The summed E-state index contributed by atoms with van der Waals surface area (Å²) in [6.07, 6.45) is 3.40. The van der Waals surface area contributed by atoms with E-state index in [1.54, 1.807) is 14.2 Å². The van der Waals surface area contributed by atoms with Crippen molar-refractivity contribution in [3.63, 3.8) is 0 Å². The van der Waals surface area contributed by atoms with Gasteiger partial charge in [-0.05, 0) is 54.4 Å². The quantitative estimate of drug-likeness (QED) is 0.721. The minimum absolute atomic E-state index is 0.00945. The number of likely N-dealkylation sites (tertiary alicyclic amines) is 1. The Morgan fingerprint density at radius 3 is 2.37 bits per heavy atom. The number of piperidine rings is 1. The summed E-state index contributed by atoms with van der Waals surface area (Å²) in [5, 5.41) is 3.20. The van der Waals surface area contributed by atoms with Crippen LogP contribution in [0.15, 0.2) is 48.5 Å². The highest BCUT2D eigenvalue weighted by atomic mass is 16.5. The van der Waals surface area contributed by atoms with Crippen LogP contribution in [0.2, 0.25) is 0 Å². The molecule has 0 aromatic heterocycles. The lowest BCUT2D eigenvalue weighted by Gasteiger charge is -2.37. The first kappa shape index (κ1) is 20.7. The van der Waals surface area contributed by atoms with Crippen LogP contribution in [-0.4, -0.2) is 44.7 Å². The van der Waals surface area contributed by atoms with E-state index in [2.05, 4.69) is 46.6 Å². The number of amides is 1. The molecule has 1 heterocycles. The van der Waals surface area contributed by atoms with Crippen LogP contribution < -0.4 is 14.8 Å². The molecule has 0 radical (unpaired) electrons. The van der Waals surface area contributed by atoms with E-state index >= 15 is 0 Å². The Kier molecular flexibility index (Phi) is 6.58. The molecule has 4 rings (SSSR count). The lowest BCUT2D eigenvalue weighted by molar-refractivity contribution is -0.127. The van der Waals surface area contributed by atoms with Crippen molar-refractivity contribution in [3.05, 3.63) is 59.7 Å². The number of ether oxygens (including phenoxy) is 2. The molecule has 160 valence electrons. The van der Waals surface area contributed by atoms with Crippen molar-refractivity contribution < 1.29 is 14.3 Å². The molecule has 5 nitrogen and oxygen atoms in total. The zero-order chi connectivity index (χ0) is 20.9. The monoisotopic (exact) mass is 408 g/mol. The van der Waals surface area contributed by atoms with Gasteiger partial charge in [0.15, 0.2) is 0 Å². The van der Waals surface area contributed by atoms with Gasteiger partial charge in [0.05, 0.1) is 20.1 Å². The molecule has 1 aliphatic heterocycles. The van der Waals surface area contributed by atoms with Crippen LogP contribution in [0.25, 0.3) is 0 Å². The summed E-state index contributed by atoms with van der Waals surface area (Å²) in [6, 6.07) is 16.6. The summed E-state index contributed by atoms with van der Waals surface area (Å²) < 4.78 is 10.9. The molecule has 1 N–H and O–H groups in total. The van der Waals surface area contributed by atoms with Crippen LogP contribution in [0.4, 0.5) is 0 Å². The predicted octanol–water partition coefficient (Wildman–Crippen LogP) is 3.84. The summed E-state index contributed by atoms with van der Waals surface area (Å²) in [7, 11) is 3.34. The van der Waals surface area contributed by atoms with Crippen molar-refractivity contribution in [1.82, 2.24) is 10.2 Å². The van der Waals surface area contributed by atoms with Gasteiger partial charge in [-0.15, -0.1) is 0 Å². The number of methoxy groups -OCH3 is 2. The van der Waals surface area contributed by atoms with Crippen LogP contribution in [0.1, 0.15) is 36.3 Å². The first-order chi connectivity index (χ1) is 14.6. The number of nitrogens with zero attached hydrogens (tertiary/aromatic N) is 1. The van der Waals surface area contributed by atoms with Crippen molar-refractivity contribution >= 4 is 5.91 Å². The van der Waals surface area contributed by atoms with E-state index in [4.69, 9.17) is 9.47 Å². The van der Waals surface area contributed by atoms with Gasteiger partial charge in [-0.3, -0.25) is 9.69 Å². The zero-order valence-corrected chi connectivity index (χ0v) is 18.0. The third-order valence-electron chi connectivity index (χ3n) is 6.25. The van der Waals surface area contributed by atoms with Gasteiger partial charge < -0.3 is 14.8 Å². The third-order valence-corrected chi connectivity index (χ3v) is 6.25. The van der Waals surface area contributed by atoms with E-state index in [1.165, 1.54) is 18.4 Å². The van der Waals surface area contributed by atoms with Gasteiger partial charge in [-0.2, -0.15) is 0 Å². The summed E-state index contributed by atoms with van der Waals surface area (Å²) in [5.74, 6) is 2.84. The highest BCUT2D eigenvalue weighted by Gasteiger charge is 2.33. The Bertz CT molecular complexity index is 828. The number of carbonyl (C=O) groups excluding carboxylic acids is 1. The molecule has 2 unspecified atom stereocenters. The Labute approximate surface area is 179 Å². The average molecular weight is 409 g/mol. The van der Waals surface area contributed by atoms with Gasteiger partial charge in [0.25, 0.3) is 0 Å². The van der Waals surface area contributed by atoms with Crippen molar-refractivity contribution in [3.8, 4) is 11.5 Å². The van der Waals surface area contributed by atoms with Gasteiger partial charge in [-0.25, -0.2) is 0 Å². The number of hydrogen-bond acceptors (Lipinski definition) is 4. The van der Waals surface area contributed by atoms with Gasteiger partial charge in [0, 0.05) is 32.2 Å². The Morgan fingerprint density at radius 2 is 1.73 bits per heavy atom. The highest BCUT2D eigenvalue weighted by Crippen LogP contribution is 2.33. The van der Waals surface area contributed by atoms with Crippen LogP contribution >= 0.6 is 0 Å². The molecule has 5 heteroatoms. The van der Waals surface area contributed by atoms with Crippen LogP contribution in [0, 0.1) is 11.8 Å². The number of hydrogen-bond donors (Lipinski definition) is 1. The molecule has 0 spiro atoms. The van der Waals surface area contributed by atoms with Gasteiger partial charge in [0.1, 0.15) is 11.5 Å². The molecule has 2 aromatic carbocycles. The van der Waals surface area contributed by atoms with Crippen molar-refractivity contribution in [2.24, 2.45) is 11.8 Å². The van der Waals surface area contributed by atoms with Crippen molar-refractivity contribution in [1.29, 1.82) is 0 Å². The molecule has 2 fully saturated rings. The SMILES string of the molecule is COc1cc(CN2CC(C(=O)NCC3CC3)CC(c3ccccc3)C2)cc(OC)c1. The summed E-state index contributed by atoms with van der Waals surface area (Å²) >= 11 is 0. The van der Waals surface area contributed by atoms with Gasteiger partial charge in [0.2, 0.25) is 5.91 Å². The fourth-order valence-electron chi connectivity index (χ4n) is 4.40. The van der Waals surface area contributed by atoms with E-state index < -0.39 is 0 Å². The van der Waals surface area contributed by atoms with Gasteiger partial charge in [-0.1, -0.05) is 30.3 Å². The van der Waals surface area contributed by atoms with Crippen molar-refractivity contribution in [2.45, 2.75) is 31.7 Å². The summed E-state index contributed by atoms with van der Waals surface area (Å²) in [5.41, 5.74) is 2.45. The first-order valence-electron chi connectivity index (χ1n) is 10.9. The molecule has 0 bridgehead atoms. The fourth-order valence-corrected chi connectivity index (χ4v) is 4.40. The lowest BCUT2D eigenvalue weighted by atomic mass is 9.84. The van der Waals surface area contributed by atoms with E-state index in [0.717, 1.165) is 49.7 Å². The molecular formula is C25H32N2O3. The molecular weight excluding hydrogens is 376 g/mol. The second kappa shape index (κ2) is 9.52. The molecule has 1 aliphatic carbocycles. The first-order valence-corrected chi connectivity index (χ1v) is 10.9. The number of benzene rings is 2. The average Bonchev–Trinajstić information content (AvgIpc) is 3.62. The van der Waals surface area contributed by atoms with Crippen LogP contribution in [-0.2, 0) is 11.3 Å². The predicted molar refractivity (Wildman–Crippen MR) is 118 cm³/mol. The molecule has 30 heavy (non-hydrogen) atoms. The van der Waals surface area contributed by atoms with Crippen molar-refractivity contribution in [2.75, 3.05) is 33.9 Å². The summed E-state index contributed by atoms with van der Waals surface area (Å²) in [4.78, 5) is 15.3. The lowest BCUT2D eigenvalue weighted by Crippen LogP contribution is -2.45. The second-order valence-electron chi connectivity index (χ2n) is 8.64. The topological polar surface area (TPSA) is 50.8 Å². The molecule has 2 atom stereocenters. The van der Waals surface area contributed by atoms with E-state index in [0.29, 0.717) is 11.8 Å². The fraction of sp³-hybridized carbons (Fsp3) is 0.480. The number of nitrogens with one attached hydrogen (secondary N) is 1. The largest absolute Gasteiger partial charge is 0.497 e. The van der Waals surface area contributed by atoms with Gasteiger partial charge >= 0.3 is 0 Å². The Hall–Kier alpha value is -2.53. The number of carbonyl (C=O) groups is 1. The normalized spacial score (nSPS) is 21.8. The minimum atomic E-state index is 0.00945. The van der Waals surface area contributed by atoms with Crippen LogP contribution in [0.5, 0.6) is 11.5 Å². The Morgan fingerprint density at radius 1 is 1.03 bits per heavy atom. The maximum absolute atomic E-state index is 12.9. The molecule has 2 aliphatic rings. The standard InChI is InChI=1S/C25H32N2O3/c1-29-23-10-19(11-24(13-23)30-2)15-27-16-21(20-6-4-3-5-7-20)12-22(17-27)25(28)26-14-18-8-9-18/h3-7,10-11,13,18,21-22H,8-9,12,14-17H2,1-2H3,(H,26,28). The second-order valence-corrected chi connectivity index (χ2v) is 8.64. The van der Waals surface area contributed by atoms with E-state index in [1.807, 2.05) is 12.1 Å². The Balaban J connectivity index is 1.51. The van der Waals surface area contributed by atoms with E-state index in [9.17, 15) is 4.79 Å². The maximum atomic E-state index is 12.9. The maximum Gasteiger partial charge on any atom is 0.224 e. The molecule has 1 saturated carbocycles. The minimum Gasteiger partial charge on any atom is -0.497 e. The van der Waals surface area contributed by atoms with Crippen LogP contribution in [0.3, 0.4) is 0 Å². The van der Waals surface area contributed by atoms with E-state index in [-0.39, 0.29) is 11.8 Å².